The molecule has 0 fully saturated rings. The maximum atomic E-state index is 11.6. The van der Waals surface area contributed by atoms with Crippen LogP contribution in [0.2, 0.25) is 0 Å². The molecule has 0 saturated heterocycles. The quantitative estimate of drug-likeness (QED) is 0.608. The molecule has 0 atom stereocenters. The standard InChI is InChI=1S/C7H9BrF3NO/c1-5(4-8)2-3-12-6(13)7(9,10)11/h1-4H2,(H,12,13). The Morgan fingerprint density at radius 3 is 2.38 bits per heavy atom. The zero-order valence-corrected chi connectivity index (χ0v) is 8.33. The Labute approximate surface area is 82.3 Å². The first-order valence-corrected chi connectivity index (χ1v) is 4.57. The van der Waals surface area contributed by atoms with Gasteiger partial charge >= 0.3 is 12.1 Å². The molecule has 0 aromatic heterocycles. The van der Waals surface area contributed by atoms with Gasteiger partial charge in [-0.3, -0.25) is 4.79 Å². The van der Waals surface area contributed by atoms with Gasteiger partial charge < -0.3 is 5.32 Å². The number of amides is 1. The van der Waals surface area contributed by atoms with E-state index >= 15 is 0 Å². The summed E-state index contributed by atoms with van der Waals surface area (Å²) in [4.78, 5) is 10.3. The van der Waals surface area contributed by atoms with E-state index in [9.17, 15) is 18.0 Å². The van der Waals surface area contributed by atoms with Crippen LogP contribution in [0.25, 0.3) is 0 Å². The predicted octanol–water partition coefficient (Wildman–Crippen LogP) is 2.01. The molecule has 0 bridgehead atoms. The van der Waals surface area contributed by atoms with E-state index in [4.69, 9.17) is 0 Å². The summed E-state index contributed by atoms with van der Waals surface area (Å²) in [5.74, 6) is -1.91. The third-order valence-electron chi connectivity index (χ3n) is 1.21. The highest BCUT2D eigenvalue weighted by Gasteiger charge is 2.38. The van der Waals surface area contributed by atoms with Crippen molar-refractivity contribution in [3.63, 3.8) is 0 Å². The highest BCUT2D eigenvalue weighted by atomic mass is 79.9. The number of hydrogen-bond donors (Lipinski definition) is 1. The van der Waals surface area contributed by atoms with Crippen molar-refractivity contribution in [3.8, 4) is 0 Å². The van der Waals surface area contributed by atoms with Crippen LogP contribution in [-0.2, 0) is 4.79 Å². The predicted molar refractivity (Wildman–Crippen MR) is 46.6 cm³/mol. The first kappa shape index (κ1) is 12.5. The molecule has 0 aliphatic carbocycles. The summed E-state index contributed by atoms with van der Waals surface area (Å²) in [6.07, 6.45) is -4.46. The van der Waals surface area contributed by atoms with Crippen molar-refractivity contribution in [2.24, 2.45) is 0 Å². The van der Waals surface area contributed by atoms with Crippen LogP contribution in [0, 0.1) is 0 Å². The number of carbonyl (C=O) groups is 1. The van der Waals surface area contributed by atoms with E-state index < -0.39 is 12.1 Å². The summed E-state index contributed by atoms with van der Waals surface area (Å²) >= 11 is 3.09. The maximum absolute atomic E-state index is 11.6. The molecule has 13 heavy (non-hydrogen) atoms. The summed E-state index contributed by atoms with van der Waals surface area (Å²) in [5, 5.41) is 2.26. The average Bonchev–Trinajstić information content (AvgIpc) is 2.02. The number of carbonyl (C=O) groups excluding carboxylic acids is 1. The maximum Gasteiger partial charge on any atom is 0.471 e. The summed E-state index contributed by atoms with van der Waals surface area (Å²) in [7, 11) is 0. The Morgan fingerprint density at radius 2 is 2.00 bits per heavy atom. The van der Waals surface area contributed by atoms with E-state index in [0.717, 1.165) is 5.57 Å². The molecule has 0 saturated carbocycles. The third kappa shape index (κ3) is 5.68. The van der Waals surface area contributed by atoms with E-state index in [-0.39, 0.29) is 6.54 Å². The lowest BCUT2D eigenvalue weighted by Crippen LogP contribution is -2.37. The minimum Gasteiger partial charge on any atom is -0.348 e. The third-order valence-corrected chi connectivity index (χ3v) is 2.00. The van der Waals surface area contributed by atoms with E-state index in [2.05, 4.69) is 22.5 Å². The Balaban J connectivity index is 3.67. The number of nitrogens with one attached hydrogen (secondary N) is 1. The molecule has 0 heterocycles. The van der Waals surface area contributed by atoms with Crippen molar-refractivity contribution in [1.29, 1.82) is 0 Å². The van der Waals surface area contributed by atoms with Crippen LogP contribution in [0.5, 0.6) is 0 Å². The van der Waals surface area contributed by atoms with Crippen molar-refractivity contribution < 1.29 is 18.0 Å². The summed E-state index contributed by atoms with van der Waals surface area (Å²) in [5.41, 5.74) is 0.738. The van der Waals surface area contributed by atoms with Crippen molar-refractivity contribution in [1.82, 2.24) is 5.32 Å². The summed E-state index contributed by atoms with van der Waals surface area (Å²) in [6, 6.07) is 0. The molecule has 76 valence electrons. The lowest BCUT2D eigenvalue weighted by Gasteiger charge is -2.07. The van der Waals surface area contributed by atoms with Crippen LogP contribution in [-0.4, -0.2) is 24.0 Å². The normalized spacial score (nSPS) is 11.1. The minimum absolute atomic E-state index is 0.0389. The monoisotopic (exact) mass is 259 g/mol. The zero-order chi connectivity index (χ0) is 10.5. The van der Waals surface area contributed by atoms with E-state index in [1.165, 1.54) is 0 Å². The molecule has 0 spiro atoms. The van der Waals surface area contributed by atoms with Gasteiger partial charge in [0.1, 0.15) is 0 Å². The van der Waals surface area contributed by atoms with Gasteiger partial charge in [-0.2, -0.15) is 13.2 Å². The molecule has 2 nitrogen and oxygen atoms in total. The zero-order valence-electron chi connectivity index (χ0n) is 6.75. The van der Waals surface area contributed by atoms with Gasteiger partial charge in [-0.1, -0.05) is 28.1 Å². The highest BCUT2D eigenvalue weighted by molar-refractivity contribution is 9.09. The molecule has 6 heteroatoms. The summed E-state index contributed by atoms with van der Waals surface area (Å²) in [6.45, 7) is 3.51. The molecule has 0 aliphatic rings. The number of halogens is 4. The molecule has 0 unspecified atom stereocenters. The smallest absolute Gasteiger partial charge is 0.348 e. The Kier molecular flexibility index (Phi) is 5.05. The second-order valence-corrected chi connectivity index (χ2v) is 2.95. The van der Waals surface area contributed by atoms with Gasteiger partial charge in [0.25, 0.3) is 0 Å². The Morgan fingerprint density at radius 1 is 1.46 bits per heavy atom. The van der Waals surface area contributed by atoms with Gasteiger partial charge in [0.2, 0.25) is 0 Å². The van der Waals surface area contributed by atoms with Gasteiger partial charge in [-0.25, -0.2) is 0 Å². The minimum atomic E-state index is -4.80. The van der Waals surface area contributed by atoms with E-state index in [1.54, 1.807) is 5.32 Å². The topological polar surface area (TPSA) is 29.1 Å². The molecule has 0 radical (unpaired) electrons. The van der Waals surface area contributed by atoms with Crippen LogP contribution >= 0.6 is 15.9 Å². The van der Waals surface area contributed by atoms with Crippen LogP contribution in [0.1, 0.15) is 6.42 Å². The number of rotatable bonds is 4. The molecule has 1 amide bonds. The second-order valence-electron chi connectivity index (χ2n) is 2.39. The first-order chi connectivity index (χ1) is 5.88. The lowest BCUT2D eigenvalue weighted by molar-refractivity contribution is -0.173. The molecule has 0 aliphatic heterocycles. The van der Waals surface area contributed by atoms with Crippen molar-refractivity contribution in [2.45, 2.75) is 12.6 Å². The molecule has 0 rings (SSSR count). The fourth-order valence-corrected chi connectivity index (χ4v) is 0.800. The van der Waals surface area contributed by atoms with Crippen LogP contribution in [0.3, 0.4) is 0 Å². The van der Waals surface area contributed by atoms with Gasteiger partial charge in [0, 0.05) is 11.9 Å². The van der Waals surface area contributed by atoms with Crippen LogP contribution < -0.4 is 5.32 Å². The van der Waals surface area contributed by atoms with Gasteiger partial charge in [-0.05, 0) is 6.42 Å². The number of hydrogen-bond acceptors (Lipinski definition) is 1. The summed E-state index contributed by atoms with van der Waals surface area (Å²) < 4.78 is 34.8. The Hall–Kier alpha value is -0.520. The number of alkyl halides is 4. The molecular formula is C7H9BrF3NO. The van der Waals surface area contributed by atoms with E-state index in [1.807, 2.05) is 0 Å². The van der Waals surface area contributed by atoms with Gasteiger partial charge in [-0.15, -0.1) is 0 Å². The molecule has 1 N–H and O–H groups in total. The Bertz CT molecular complexity index is 202. The highest BCUT2D eigenvalue weighted by Crippen LogP contribution is 2.14. The SMILES string of the molecule is C=C(CBr)CCNC(=O)C(F)(F)F. The van der Waals surface area contributed by atoms with Crippen LogP contribution in [0.15, 0.2) is 12.2 Å². The lowest BCUT2D eigenvalue weighted by atomic mass is 10.2. The van der Waals surface area contributed by atoms with Crippen molar-refractivity contribution in [3.05, 3.63) is 12.2 Å². The van der Waals surface area contributed by atoms with Gasteiger partial charge in [0.15, 0.2) is 0 Å². The first-order valence-electron chi connectivity index (χ1n) is 3.45. The fourth-order valence-electron chi connectivity index (χ4n) is 0.520. The van der Waals surface area contributed by atoms with Crippen LogP contribution in [0.4, 0.5) is 13.2 Å². The largest absolute Gasteiger partial charge is 0.471 e. The average molecular weight is 260 g/mol. The van der Waals surface area contributed by atoms with Gasteiger partial charge in [0.05, 0.1) is 0 Å². The van der Waals surface area contributed by atoms with Crippen molar-refractivity contribution in [2.75, 3.05) is 11.9 Å². The molecule has 0 aromatic carbocycles. The molecule has 0 aromatic rings. The van der Waals surface area contributed by atoms with E-state index in [0.29, 0.717) is 11.8 Å². The fraction of sp³-hybridized carbons (Fsp3) is 0.571. The molecular weight excluding hydrogens is 251 g/mol. The second kappa shape index (κ2) is 5.26. The van der Waals surface area contributed by atoms with Crippen molar-refractivity contribution >= 4 is 21.8 Å².